The van der Waals surface area contributed by atoms with Gasteiger partial charge in [0.05, 0.1) is 22.3 Å². The quantitative estimate of drug-likeness (QED) is 0.855. The number of hydrogen-bond donors (Lipinski definition) is 0. The number of rotatable bonds is 3. The first-order valence-electron chi connectivity index (χ1n) is 6.65. The van der Waals surface area contributed by atoms with Gasteiger partial charge in [0.1, 0.15) is 5.78 Å². The molecule has 0 unspecified atom stereocenters. The van der Waals surface area contributed by atoms with Gasteiger partial charge < -0.3 is 0 Å². The Bertz CT molecular complexity index is 459. The average molecular weight is 313 g/mol. The molecule has 1 aliphatic rings. The van der Waals surface area contributed by atoms with E-state index in [2.05, 4.69) is 28.0 Å². The zero-order chi connectivity index (χ0) is 13.3. The van der Waals surface area contributed by atoms with Gasteiger partial charge in [-0.1, -0.05) is 26.2 Å². The van der Waals surface area contributed by atoms with Gasteiger partial charge in [0.2, 0.25) is 0 Å². The minimum absolute atomic E-state index is 0.115. The summed E-state index contributed by atoms with van der Waals surface area (Å²) in [5.41, 5.74) is 1.84. The zero-order valence-electron chi connectivity index (χ0n) is 11.4. The fraction of sp³-hybridized carbons (Fsp3) is 0.714. The number of hydrogen-bond acceptors (Lipinski definition) is 2. The van der Waals surface area contributed by atoms with Crippen LogP contribution in [-0.2, 0) is 18.3 Å². The Labute approximate surface area is 117 Å². The Kier molecular flexibility index (Phi) is 3.95. The van der Waals surface area contributed by atoms with Gasteiger partial charge in [-0.15, -0.1) is 0 Å². The molecule has 0 amide bonds. The van der Waals surface area contributed by atoms with Crippen molar-refractivity contribution >= 4 is 21.7 Å². The lowest BCUT2D eigenvalue weighted by Gasteiger charge is -2.32. The molecular weight excluding hydrogens is 292 g/mol. The molecule has 1 aliphatic carbocycles. The van der Waals surface area contributed by atoms with E-state index >= 15 is 0 Å². The summed E-state index contributed by atoms with van der Waals surface area (Å²) in [6, 6.07) is 0. The number of ketones is 1. The Morgan fingerprint density at radius 1 is 1.39 bits per heavy atom. The van der Waals surface area contributed by atoms with Crippen LogP contribution in [0.4, 0.5) is 0 Å². The Hall–Kier alpha value is -0.640. The van der Waals surface area contributed by atoms with E-state index in [-0.39, 0.29) is 5.41 Å². The van der Waals surface area contributed by atoms with Crippen molar-refractivity contribution in [3.63, 3.8) is 0 Å². The van der Waals surface area contributed by atoms with Crippen molar-refractivity contribution in [2.24, 2.45) is 12.5 Å². The maximum Gasteiger partial charge on any atom is 0.144 e. The van der Waals surface area contributed by atoms with Crippen LogP contribution in [-0.4, -0.2) is 15.6 Å². The molecule has 1 aromatic rings. The second kappa shape index (κ2) is 5.16. The number of aryl methyl sites for hydroxylation is 2. The lowest BCUT2D eigenvalue weighted by atomic mass is 9.72. The Morgan fingerprint density at radius 3 is 2.50 bits per heavy atom. The van der Waals surface area contributed by atoms with Crippen molar-refractivity contribution in [2.45, 2.75) is 52.4 Å². The number of aromatic nitrogens is 2. The summed E-state index contributed by atoms with van der Waals surface area (Å²) in [4.78, 5) is 12.5. The van der Waals surface area contributed by atoms with Crippen LogP contribution >= 0.6 is 15.9 Å². The van der Waals surface area contributed by atoms with E-state index in [4.69, 9.17) is 0 Å². The highest BCUT2D eigenvalue weighted by molar-refractivity contribution is 9.10. The van der Waals surface area contributed by atoms with Gasteiger partial charge in [0.15, 0.2) is 0 Å². The van der Waals surface area contributed by atoms with Crippen LogP contribution in [0.15, 0.2) is 4.47 Å². The monoisotopic (exact) mass is 312 g/mol. The molecule has 0 saturated heterocycles. The highest BCUT2D eigenvalue weighted by Gasteiger charge is 2.34. The standard InChI is InChI=1S/C14H21BrN2O/c1-10-13(15)11(17(3)16-10)9-12(18)14(2)7-5-4-6-8-14/h4-9H2,1-3H3. The smallest absolute Gasteiger partial charge is 0.144 e. The minimum atomic E-state index is -0.115. The van der Waals surface area contributed by atoms with Crippen molar-refractivity contribution in [3.05, 3.63) is 15.9 Å². The second-order valence-electron chi connectivity index (χ2n) is 5.69. The lowest BCUT2D eigenvalue weighted by molar-refractivity contribution is -0.129. The molecule has 1 fully saturated rings. The van der Waals surface area contributed by atoms with Gasteiger partial charge in [-0.3, -0.25) is 9.48 Å². The normalized spacial score (nSPS) is 18.9. The molecule has 2 rings (SSSR count). The molecule has 0 bridgehead atoms. The third kappa shape index (κ3) is 2.53. The number of Topliss-reactive ketones (excluding diaryl/α,β-unsaturated/α-hetero) is 1. The van der Waals surface area contributed by atoms with E-state index in [0.29, 0.717) is 12.2 Å². The van der Waals surface area contributed by atoms with Crippen LogP contribution in [0.1, 0.15) is 50.4 Å². The molecule has 3 nitrogen and oxygen atoms in total. The predicted octanol–water partition coefficient (Wildman–Crippen LogP) is 3.57. The summed E-state index contributed by atoms with van der Waals surface area (Å²) in [6.45, 7) is 4.09. The molecule has 1 aromatic heterocycles. The van der Waals surface area contributed by atoms with Crippen molar-refractivity contribution in [1.29, 1.82) is 0 Å². The third-order valence-electron chi connectivity index (χ3n) is 4.22. The summed E-state index contributed by atoms with van der Waals surface area (Å²) < 4.78 is 2.81. The second-order valence-corrected chi connectivity index (χ2v) is 6.48. The van der Waals surface area contributed by atoms with E-state index in [0.717, 1.165) is 28.7 Å². The number of carbonyl (C=O) groups excluding carboxylic acids is 1. The molecule has 0 radical (unpaired) electrons. The molecule has 100 valence electrons. The van der Waals surface area contributed by atoms with Gasteiger partial charge in [-0.25, -0.2) is 0 Å². The van der Waals surface area contributed by atoms with Crippen molar-refractivity contribution in [3.8, 4) is 0 Å². The summed E-state index contributed by atoms with van der Waals surface area (Å²) in [6.07, 6.45) is 6.23. The van der Waals surface area contributed by atoms with Crippen LogP contribution in [0, 0.1) is 12.3 Å². The molecule has 4 heteroatoms. The third-order valence-corrected chi connectivity index (χ3v) is 5.25. The highest BCUT2D eigenvalue weighted by Crippen LogP contribution is 2.38. The van der Waals surface area contributed by atoms with Crippen LogP contribution < -0.4 is 0 Å². The molecule has 0 aliphatic heterocycles. The van der Waals surface area contributed by atoms with E-state index in [1.165, 1.54) is 19.3 Å². The van der Waals surface area contributed by atoms with Crippen molar-refractivity contribution in [2.75, 3.05) is 0 Å². The van der Waals surface area contributed by atoms with Crippen LogP contribution in [0.3, 0.4) is 0 Å². The molecule has 0 atom stereocenters. The summed E-state index contributed by atoms with van der Waals surface area (Å²) in [7, 11) is 1.91. The van der Waals surface area contributed by atoms with Crippen molar-refractivity contribution in [1.82, 2.24) is 9.78 Å². The van der Waals surface area contributed by atoms with Gasteiger partial charge in [-0.05, 0) is 35.7 Å². The maximum atomic E-state index is 12.5. The largest absolute Gasteiger partial charge is 0.299 e. The fourth-order valence-corrected chi connectivity index (χ4v) is 3.32. The average Bonchev–Trinajstić information content (AvgIpc) is 2.57. The van der Waals surface area contributed by atoms with Crippen LogP contribution in [0.25, 0.3) is 0 Å². The molecule has 0 spiro atoms. The number of carbonyl (C=O) groups is 1. The Balaban J connectivity index is 2.16. The molecule has 18 heavy (non-hydrogen) atoms. The van der Waals surface area contributed by atoms with E-state index in [1.54, 1.807) is 0 Å². The van der Waals surface area contributed by atoms with Crippen molar-refractivity contribution < 1.29 is 4.79 Å². The predicted molar refractivity (Wildman–Crippen MR) is 75.5 cm³/mol. The first-order valence-corrected chi connectivity index (χ1v) is 7.44. The van der Waals surface area contributed by atoms with E-state index in [1.807, 2.05) is 18.7 Å². The minimum Gasteiger partial charge on any atom is -0.299 e. The van der Waals surface area contributed by atoms with Gasteiger partial charge in [-0.2, -0.15) is 5.10 Å². The summed E-state index contributed by atoms with van der Waals surface area (Å²) in [5, 5.41) is 4.35. The zero-order valence-corrected chi connectivity index (χ0v) is 13.0. The topological polar surface area (TPSA) is 34.9 Å². The first-order chi connectivity index (χ1) is 8.44. The SMILES string of the molecule is Cc1nn(C)c(CC(=O)C2(C)CCCCC2)c1Br. The molecule has 0 aromatic carbocycles. The maximum absolute atomic E-state index is 12.5. The van der Waals surface area contributed by atoms with Crippen LogP contribution in [0.2, 0.25) is 0 Å². The van der Waals surface area contributed by atoms with Gasteiger partial charge in [0, 0.05) is 12.5 Å². The van der Waals surface area contributed by atoms with E-state index in [9.17, 15) is 4.79 Å². The van der Waals surface area contributed by atoms with Gasteiger partial charge >= 0.3 is 0 Å². The molecule has 1 heterocycles. The summed E-state index contributed by atoms with van der Waals surface area (Å²) >= 11 is 3.54. The fourth-order valence-electron chi connectivity index (χ4n) is 2.85. The lowest BCUT2D eigenvalue weighted by Crippen LogP contribution is -2.32. The van der Waals surface area contributed by atoms with E-state index < -0.39 is 0 Å². The van der Waals surface area contributed by atoms with Crippen LogP contribution in [0.5, 0.6) is 0 Å². The highest BCUT2D eigenvalue weighted by atomic mass is 79.9. The Morgan fingerprint density at radius 2 is 2.00 bits per heavy atom. The van der Waals surface area contributed by atoms with Gasteiger partial charge in [0.25, 0.3) is 0 Å². The molecule has 1 saturated carbocycles. The summed E-state index contributed by atoms with van der Waals surface area (Å²) in [5.74, 6) is 0.367. The number of halogens is 1. The molecule has 0 N–H and O–H groups in total. The molecular formula is C14H21BrN2O. The first kappa shape index (κ1) is 13.8. The number of nitrogens with zero attached hydrogens (tertiary/aromatic N) is 2.